The molecule has 1 aromatic rings. The van der Waals surface area contributed by atoms with Gasteiger partial charge in [0, 0.05) is 13.1 Å². The first-order valence-corrected chi connectivity index (χ1v) is 6.92. The molecule has 2 aliphatic rings. The van der Waals surface area contributed by atoms with E-state index in [2.05, 4.69) is 12.1 Å². The number of benzene rings is 1. The number of morpholine rings is 1. The lowest BCUT2D eigenvalue weighted by Gasteiger charge is -2.32. The number of carbonyl (C=O) groups is 1. The molecule has 1 fully saturated rings. The van der Waals surface area contributed by atoms with Crippen molar-refractivity contribution < 1.29 is 14.6 Å². The van der Waals surface area contributed by atoms with Crippen molar-refractivity contribution in [3.05, 3.63) is 34.9 Å². The molecule has 1 N–H and O–H groups in total. The van der Waals surface area contributed by atoms with Gasteiger partial charge in [-0.3, -0.25) is 9.69 Å². The van der Waals surface area contributed by atoms with Crippen LogP contribution in [0, 0.1) is 0 Å². The van der Waals surface area contributed by atoms with E-state index in [1.54, 1.807) is 0 Å². The number of fused-ring (bicyclic) bond motifs is 1. The minimum atomic E-state index is -0.764. The van der Waals surface area contributed by atoms with E-state index in [1.165, 1.54) is 17.5 Å². The van der Waals surface area contributed by atoms with Gasteiger partial charge >= 0.3 is 5.97 Å². The summed E-state index contributed by atoms with van der Waals surface area (Å²) in [7, 11) is 0. The predicted molar refractivity (Wildman–Crippen MR) is 71.2 cm³/mol. The molecule has 0 saturated carbocycles. The van der Waals surface area contributed by atoms with E-state index in [1.807, 2.05) is 11.0 Å². The minimum Gasteiger partial charge on any atom is -0.480 e. The Morgan fingerprint density at radius 1 is 1.21 bits per heavy atom. The molecule has 4 nitrogen and oxygen atoms in total. The molecule has 4 heteroatoms. The van der Waals surface area contributed by atoms with Gasteiger partial charge < -0.3 is 9.84 Å². The molecule has 0 radical (unpaired) electrons. The van der Waals surface area contributed by atoms with Crippen LogP contribution in [0.4, 0.5) is 0 Å². The first-order chi connectivity index (χ1) is 9.25. The number of aryl methyl sites for hydroxylation is 2. The third-order valence-corrected chi connectivity index (χ3v) is 4.08. The predicted octanol–water partition coefficient (Wildman–Crippen LogP) is 1.63. The maximum Gasteiger partial charge on any atom is 0.325 e. The van der Waals surface area contributed by atoms with E-state index in [0.717, 1.165) is 18.4 Å². The van der Waals surface area contributed by atoms with Crippen molar-refractivity contribution >= 4 is 5.97 Å². The molecule has 102 valence electrons. The van der Waals surface area contributed by atoms with Gasteiger partial charge in [0.25, 0.3) is 0 Å². The summed E-state index contributed by atoms with van der Waals surface area (Å²) < 4.78 is 5.30. The Kier molecular flexibility index (Phi) is 3.53. The topological polar surface area (TPSA) is 49.8 Å². The summed E-state index contributed by atoms with van der Waals surface area (Å²) in [6.07, 6.45) is 3.40. The highest BCUT2D eigenvalue weighted by molar-refractivity contribution is 5.75. The Hall–Kier alpha value is -1.39. The van der Waals surface area contributed by atoms with Crippen LogP contribution in [-0.4, -0.2) is 42.3 Å². The van der Waals surface area contributed by atoms with Crippen LogP contribution < -0.4 is 0 Å². The van der Waals surface area contributed by atoms with Crippen LogP contribution in [0.1, 0.15) is 29.2 Å². The maximum atomic E-state index is 11.6. The SMILES string of the molecule is O=C(O)C(c1ccc2c(c1)CCC2)N1CCOCC1. The zero-order valence-electron chi connectivity index (χ0n) is 11.0. The van der Waals surface area contributed by atoms with Crippen LogP contribution in [0.2, 0.25) is 0 Å². The summed E-state index contributed by atoms with van der Waals surface area (Å²) >= 11 is 0. The monoisotopic (exact) mass is 261 g/mol. The van der Waals surface area contributed by atoms with Gasteiger partial charge in [-0.15, -0.1) is 0 Å². The maximum absolute atomic E-state index is 11.6. The first-order valence-electron chi connectivity index (χ1n) is 6.92. The summed E-state index contributed by atoms with van der Waals surface area (Å²) in [5, 5.41) is 9.54. The summed E-state index contributed by atoms with van der Waals surface area (Å²) in [6, 6.07) is 5.65. The molecule has 1 atom stereocenters. The van der Waals surface area contributed by atoms with Crippen LogP contribution >= 0.6 is 0 Å². The summed E-state index contributed by atoms with van der Waals surface area (Å²) in [5.74, 6) is -0.764. The zero-order chi connectivity index (χ0) is 13.2. The van der Waals surface area contributed by atoms with Gasteiger partial charge in [0.15, 0.2) is 0 Å². The molecule has 3 rings (SSSR count). The smallest absolute Gasteiger partial charge is 0.325 e. The summed E-state index contributed by atoms with van der Waals surface area (Å²) in [6.45, 7) is 2.62. The molecular formula is C15H19NO3. The largest absolute Gasteiger partial charge is 0.480 e. The van der Waals surface area contributed by atoms with Gasteiger partial charge in [0.2, 0.25) is 0 Å². The number of nitrogens with zero attached hydrogens (tertiary/aromatic N) is 1. The summed E-state index contributed by atoms with van der Waals surface area (Å²) in [5.41, 5.74) is 3.63. The third kappa shape index (κ3) is 2.51. The standard InChI is InChI=1S/C15H19NO3/c17-15(18)14(16-6-8-19-9-7-16)13-5-4-11-2-1-3-12(11)10-13/h4-5,10,14H,1-3,6-9H2,(H,17,18). The number of hydrogen-bond acceptors (Lipinski definition) is 3. The Morgan fingerprint density at radius 3 is 2.68 bits per heavy atom. The van der Waals surface area contributed by atoms with Gasteiger partial charge in [-0.25, -0.2) is 0 Å². The fourth-order valence-corrected chi connectivity index (χ4v) is 3.11. The molecule has 1 heterocycles. The van der Waals surface area contributed by atoms with Crippen LogP contribution in [0.25, 0.3) is 0 Å². The van der Waals surface area contributed by atoms with Crippen LogP contribution in [0.3, 0.4) is 0 Å². The second kappa shape index (κ2) is 5.31. The second-order valence-corrected chi connectivity index (χ2v) is 5.27. The second-order valence-electron chi connectivity index (χ2n) is 5.27. The van der Waals surface area contributed by atoms with Crippen molar-refractivity contribution in [1.29, 1.82) is 0 Å². The van der Waals surface area contributed by atoms with E-state index in [4.69, 9.17) is 4.74 Å². The molecule has 0 bridgehead atoms. The molecule has 1 aliphatic heterocycles. The van der Waals surface area contributed by atoms with Gasteiger partial charge in [-0.1, -0.05) is 18.2 Å². The van der Waals surface area contributed by atoms with Gasteiger partial charge in [-0.2, -0.15) is 0 Å². The van der Waals surface area contributed by atoms with Gasteiger partial charge in [-0.05, 0) is 36.0 Å². The summed E-state index contributed by atoms with van der Waals surface area (Å²) in [4.78, 5) is 13.6. The van der Waals surface area contributed by atoms with E-state index >= 15 is 0 Å². The highest BCUT2D eigenvalue weighted by Crippen LogP contribution is 2.28. The highest BCUT2D eigenvalue weighted by Gasteiger charge is 2.29. The Labute approximate surface area is 113 Å². The number of hydrogen-bond donors (Lipinski definition) is 1. The fraction of sp³-hybridized carbons (Fsp3) is 0.533. The molecule has 1 aliphatic carbocycles. The Morgan fingerprint density at radius 2 is 1.95 bits per heavy atom. The minimum absolute atomic E-state index is 0.533. The third-order valence-electron chi connectivity index (χ3n) is 4.08. The van der Waals surface area contributed by atoms with Gasteiger partial charge in [0.05, 0.1) is 13.2 Å². The quantitative estimate of drug-likeness (QED) is 0.898. The van der Waals surface area contributed by atoms with Crippen LogP contribution in [0.15, 0.2) is 18.2 Å². The van der Waals surface area contributed by atoms with E-state index < -0.39 is 12.0 Å². The van der Waals surface area contributed by atoms with Crippen LogP contribution in [-0.2, 0) is 22.4 Å². The lowest BCUT2D eigenvalue weighted by atomic mass is 9.99. The van der Waals surface area contributed by atoms with Crippen molar-refractivity contribution in [1.82, 2.24) is 4.90 Å². The molecule has 1 saturated heterocycles. The lowest BCUT2D eigenvalue weighted by molar-refractivity contribution is -0.145. The Bertz CT molecular complexity index is 480. The fourth-order valence-electron chi connectivity index (χ4n) is 3.11. The molecular weight excluding hydrogens is 242 g/mol. The van der Waals surface area contributed by atoms with Crippen molar-refractivity contribution in [2.45, 2.75) is 25.3 Å². The van der Waals surface area contributed by atoms with E-state index in [9.17, 15) is 9.90 Å². The van der Waals surface area contributed by atoms with Crippen molar-refractivity contribution in [3.63, 3.8) is 0 Å². The van der Waals surface area contributed by atoms with Gasteiger partial charge in [0.1, 0.15) is 6.04 Å². The molecule has 0 spiro atoms. The highest BCUT2D eigenvalue weighted by atomic mass is 16.5. The molecule has 1 unspecified atom stereocenters. The number of ether oxygens (including phenoxy) is 1. The average molecular weight is 261 g/mol. The molecule has 1 aromatic carbocycles. The molecule has 19 heavy (non-hydrogen) atoms. The van der Waals surface area contributed by atoms with Crippen molar-refractivity contribution in [2.75, 3.05) is 26.3 Å². The van der Waals surface area contributed by atoms with Crippen molar-refractivity contribution in [2.24, 2.45) is 0 Å². The zero-order valence-corrected chi connectivity index (χ0v) is 11.0. The average Bonchev–Trinajstić information content (AvgIpc) is 2.87. The van der Waals surface area contributed by atoms with E-state index in [-0.39, 0.29) is 0 Å². The number of carboxylic acid groups (broad SMARTS) is 1. The first kappa shape index (κ1) is 12.6. The van der Waals surface area contributed by atoms with Crippen molar-refractivity contribution in [3.8, 4) is 0 Å². The normalized spacial score (nSPS) is 21.1. The van der Waals surface area contributed by atoms with E-state index in [0.29, 0.717) is 26.3 Å². The molecule has 0 aromatic heterocycles. The van der Waals surface area contributed by atoms with Crippen LogP contribution in [0.5, 0.6) is 0 Å². The number of carboxylic acids is 1. The Balaban J connectivity index is 1.89. The molecule has 0 amide bonds. The lowest BCUT2D eigenvalue weighted by Crippen LogP contribution is -2.42. The number of aliphatic carboxylic acids is 1. The number of rotatable bonds is 3.